The zero-order valence-corrected chi connectivity index (χ0v) is 10.6. The number of hydrogen-bond acceptors (Lipinski definition) is 5. The number of thiol groups is 4. The fraction of sp³-hybridized carbons (Fsp3) is 1.00. The molecule has 0 aliphatic carbocycles. The predicted molar refractivity (Wildman–Crippen MR) is 70.6 cm³/mol. The van der Waals surface area contributed by atoms with Crippen LogP contribution in [0, 0.1) is 0 Å². The van der Waals surface area contributed by atoms with Crippen molar-refractivity contribution in [1.29, 1.82) is 0 Å². The maximum atomic E-state index is 4.32. The first-order valence-electron chi connectivity index (χ1n) is 3.36. The minimum atomic E-state index is 0.406. The zero-order valence-electron chi connectivity index (χ0n) is 6.18. The van der Waals surface area contributed by atoms with E-state index in [1.54, 1.807) is 0 Å². The van der Waals surface area contributed by atoms with Crippen LogP contribution >= 0.6 is 62.3 Å². The second-order valence-corrected chi connectivity index (χ2v) is 5.48. The van der Waals surface area contributed by atoms with Crippen molar-refractivity contribution >= 4 is 62.3 Å². The zero-order chi connectivity index (χ0) is 8.69. The van der Waals surface area contributed by atoms with Crippen molar-refractivity contribution in [1.82, 2.24) is 0 Å². The van der Waals surface area contributed by atoms with Crippen LogP contribution in [0.1, 0.15) is 0 Å². The third-order valence-corrected chi connectivity index (χ3v) is 5.00. The van der Waals surface area contributed by atoms with Gasteiger partial charge in [0, 0.05) is 33.5 Å². The molecular formula is C6H14S5. The van der Waals surface area contributed by atoms with Crippen molar-refractivity contribution in [2.45, 2.75) is 10.5 Å². The Kier molecular flexibility index (Phi) is 9.68. The van der Waals surface area contributed by atoms with E-state index in [0.29, 0.717) is 10.5 Å². The SMILES string of the molecule is SC[C@H](S)CSC[C@@H](S)CS. The molecule has 5 heteroatoms. The number of thioether (sulfide) groups is 1. The molecule has 0 unspecified atom stereocenters. The summed E-state index contributed by atoms with van der Waals surface area (Å²) in [6, 6.07) is 0. The minimum Gasteiger partial charge on any atom is -0.178 e. The summed E-state index contributed by atoms with van der Waals surface area (Å²) < 4.78 is 0. The van der Waals surface area contributed by atoms with E-state index >= 15 is 0 Å². The van der Waals surface area contributed by atoms with E-state index in [1.807, 2.05) is 11.8 Å². The summed E-state index contributed by atoms with van der Waals surface area (Å²) in [4.78, 5) is 0. The van der Waals surface area contributed by atoms with E-state index in [0.717, 1.165) is 23.0 Å². The molecular weight excluding hydrogens is 232 g/mol. The van der Waals surface area contributed by atoms with E-state index in [2.05, 4.69) is 50.5 Å². The Balaban J connectivity index is 3.13. The quantitative estimate of drug-likeness (QED) is 0.521. The molecule has 0 nitrogen and oxygen atoms in total. The van der Waals surface area contributed by atoms with Crippen LogP contribution in [-0.4, -0.2) is 33.5 Å². The first-order valence-corrected chi connectivity index (χ1v) is 6.81. The molecule has 0 saturated heterocycles. The number of hydrogen-bond donors (Lipinski definition) is 4. The molecule has 2 atom stereocenters. The Labute approximate surface area is 95.3 Å². The first kappa shape index (κ1) is 12.8. The van der Waals surface area contributed by atoms with Gasteiger partial charge in [-0.1, -0.05) is 0 Å². The normalized spacial score (nSPS) is 16.4. The second kappa shape index (κ2) is 8.35. The Morgan fingerprint density at radius 2 is 1.27 bits per heavy atom. The molecule has 0 fully saturated rings. The molecule has 0 spiro atoms. The fourth-order valence-electron chi connectivity index (χ4n) is 0.446. The summed E-state index contributed by atoms with van der Waals surface area (Å²) in [7, 11) is 0. The number of rotatable bonds is 6. The van der Waals surface area contributed by atoms with Gasteiger partial charge in [-0.05, 0) is 0 Å². The van der Waals surface area contributed by atoms with Crippen molar-refractivity contribution in [3.8, 4) is 0 Å². The average Bonchev–Trinajstić information content (AvgIpc) is 2.04. The summed E-state index contributed by atoms with van der Waals surface area (Å²) in [5.74, 6) is 3.79. The van der Waals surface area contributed by atoms with Gasteiger partial charge in [-0.2, -0.15) is 62.3 Å². The smallest absolute Gasteiger partial charge is 0.0196 e. The Hall–Kier alpha value is 1.75. The van der Waals surface area contributed by atoms with Gasteiger partial charge in [0.25, 0.3) is 0 Å². The maximum Gasteiger partial charge on any atom is 0.0196 e. The summed E-state index contributed by atoms with van der Waals surface area (Å²) >= 11 is 18.8. The van der Waals surface area contributed by atoms with Gasteiger partial charge in [0.15, 0.2) is 0 Å². The molecule has 0 aromatic heterocycles. The van der Waals surface area contributed by atoms with Crippen LogP contribution in [0.3, 0.4) is 0 Å². The van der Waals surface area contributed by atoms with Crippen LogP contribution in [0.5, 0.6) is 0 Å². The van der Waals surface area contributed by atoms with E-state index in [-0.39, 0.29) is 0 Å². The third-order valence-electron chi connectivity index (χ3n) is 1.04. The van der Waals surface area contributed by atoms with E-state index in [9.17, 15) is 0 Å². The predicted octanol–water partition coefficient (Wildman–Crippen LogP) is 2.18. The largest absolute Gasteiger partial charge is 0.178 e. The fourth-order valence-corrected chi connectivity index (χ4v) is 2.60. The Morgan fingerprint density at radius 1 is 0.909 bits per heavy atom. The molecule has 68 valence electrons. The van der Waals surface area contributed by atoms with Gasteiger partial charge in [0.1, 0.15) is 0 Å². The molecule has 0 aliphatic rings. The van der Waals surface area contributed by atoms with Gasteiger partial charge in [-0.3, -0.25) is 0 Å². The van der Waals surface area contributed by atoms with E-state index in [4.69, 9.17) is 0 Å². The standard InChI is InChI=1S/C6H14S5/c7-1-5(9)3-11-4-6(10)2-8/h5-10H,1-4H2/t5-,6-/m0/s1. The van der Waals surface area contributed by atoms with Gasteiger partial charge in [0.05, 0.1) is 0 Å². The van der Waals surface area contributed by atoms with Gasteiger partial charge < -0.3 is 0 Å². The summed E-state index contributed by atoms with van der Waals surface area (Å²) in [5, 5.41) is 0.813. The summed E-state index contributed by atoms with van der Waals surface area (Å²) in [6.07, 6.45) is 0. The molecule has 0 rings (SSSR count). The van der Waals surface area contributed by atoms with E-state index in [1.165, 1.54) is 0 Å². The lowest BCUT2D eigenvalue weighted by Gasteiger charge is -2.09. The highest BCUT2D eigenvalue weighted by molar-refractivity contribution is 8.01. The van der Waals surface area contributed by atoms with Crippen molar-refractivity contribution in [3.63, 3.8) is 0 Å². The molecule has 0 radical (unpaired) electrons. The van der Waals surface area contributed by atoms with Crippen molar-refractivity contribution in [3.05, 3.63) is 0 Å². The molecule has 0 amide bonds. The highest BCUT2D eigenvalue weighted by atomic mass is 32.2. The molecule has 0 aromatic rings. The van der Waals surface area contributed by atoms with Crippen LogP contribution in [0.25, 0.3) is 0 Å². The monoisotopic (exact) mass is 246 g/mol. The topological polar surface area (TPSA) is 0 Å². The molecule has 11 heavy (non-hydrogen) atoms. The highest BCUT2D eigenvalue weighted by Gasteiger charge is 2.03. The maximum absolute atomic E-state index is 4.32. The van der Waals surface area contributed by atoms with Gasteiger partial charge >= 0.3 is 0 Å². The van der Waals surface area contributed by atoms with Crippen molar-refractivity contribution in [2.24, 2.45) is 0 Å². The first-order chi connectivity index (χ1) is 5.20. The molecule has 0 saturated carbocycles. The van der Waals surface area contributed by atoms with E-state index < -0.39 is 0 Å². The third kappa shape index (κ3) is 8.09. The van der Waals surface area contributed by atoms with Gasteiger partial charge in [-0.15, -0.1) is 0 Å². The lowest BCUT2D eigenvalue weighted by molar-refractivity contribution is 1.13. The van der Waals surface area contributed by atoms with Crippen molar-refractivity contribution in [2.75, 3.05) is 23.0 Å². The Morgan fingerprint density at radius 3 is 1.55 bits per heavy atom. The van der Waals surface area contributed by atoms with Crippen LogP contribution < -0.4 is 0 Å². The van der Waals surface area contributed by atoms with Crippen LogP contribution in [0.2, 0.25) is 0 Å². The minimum absolute atomic E-state index is 0.406. The molecule has 0 heterocycles. The molecule has 0 aromatic carbocycles. The molecule has 0 bridgehead atoms. The van der Waals surface area contributed by atoms with Crippen LogP contribution in [0.15, 0.2) is 0 Å². The molecule has 0 N–H and O–H groups in total. The lowest BCUT2D eigenvalue weighted by Crippen LogP contribution is -2.09. The summed E-state index contributed by atoms with van der Waals surface area (Å²) in [5.41, 5.74) is 0. The Bertz CT molecular complexity index is 77.0. The molecule has 0 aliphatic heterocycles. The highest BCUT2D eigenvalue weighted by Crippen LogP contribution is 2.13. The average molecular weight is 247 g/mol. The van der Waals surface area contributed by atoms with Gasteiger partial charge in [-0.25, -0.2) is 0 Å². The van der Waals surface area contributed by atoms with Crippen molar-refractivity contribution < 1.29 is 0 Å². The second-order valence-electron chi connectivity index (χ2n) is 2.21. The van der Waals surface area contributed by atoms with Crippen LogP contribution in [0.4, 0.5) is 0 Å². The summed E-state index contributed by atoms with van der Waals surface area (Å²) in [6.45, 7) is 0. The van der Waals surface area contributed by atoms with Gasteiger partial charge in [0.2, 0.25) is 0 Å². The lowest BCUT2D eigenvalue weighted by atomic mass is 10.5. The van der Waals surface area contributed by atoms with Crippen LogP contribution in [-0.2, 0) is 0 Å².